The van der Waals surface area contributed by atoms with Crippen LogP contribution in [0.3, 0.4) is 0 Å². The van der Waals surface area contributed by atoms with E-state index in [-0.39, 0.29) is 16.2 Å². The molecule has 28 heavy (non-hydrogen) atoms. The van der Waals surface area contributed by atoms with Crippen LogP contribution in [0.2, 0.25) is 0 Å². The molecule has 0 spiro atoms. The van der Waals surface area contributed by atoms with E-state index >= 15 is 0 Å². The molecule has 150 valence electrons. The normalized spacial score (nSPS) is 18.6. The van der Waals surface area contributed by atoms with Gasteiger partial charge in [0.1, 0.15) is 10.7 Å². The van der Waals surface area contributed by atoms with Gasteiger partial charge in [0.15, 0.2) is 0 Å². The topological polar surface area (TPSA) is 71.5 Å². The molecule has 1 unspecified atom stereocenters. The van der Waals surface area contributed by atoms with Crippen LogP contribution in [0.5, 0.6) is 0 Å². The number of hydrogen-bond acceptors (Lipinski definition) is 4. The molecule has 0 aliphatic carbocycles. The van der Waals surface area contributed by atoms with Crippen LogP contribution in [-0.4, -0.2) is 33.7 Å². The molecule has 0 radical (unpaired) electrons. The molecular weight excluding hydrogens is 401 g/mol. The van der Waals surface area contributed by atoms with Gasteiger partial charge in [-0.05, 0) is 37.6 Å². The van der Waals surface area contributed by atoms with Crippen LogP contribution >= 0.6 is 0 Å². The highest BCUT2D eigenvalue weighted by Crippen LogP contribution is 2.38. The highest BCUT2D eigenvalue weighted by Gasteiger charge is 2.46. The minimum Gasteiger partial charge on any atom is -0.219 e. The van der Waals surface area contributed by atoms with Crippen LogP contribution in [0.15, 0.2) is 75.1 Å². The Labute approximate surface area is 165 Å². The van der Waals surface area contributed by atoms with Gasteiger partial charge in [-0.15, -0.1) is 0 Å². The van der Waals surface area contributed by atoms with Crippen molar-refractivity contribution in [1.82, 2.24) is 4.31 Å². The van der Waals surface area contributed by atoms with Gasteiger partial charge in [0.2, 0.25) is 19.9 Å². The molecule has 2 aromatic carbocycles. The number of benzene rings is 2. The van der Waals surface area contributed by atoms with Gasteiger partial charge >= 0.3 is 0 Å². The van der Waals surface area contributed by atoms with E-state index in [1.807, 2.05) is 6.92 Å². The Hall–Kier alpha value is -2.03. The number of aryl methyl sites for hydroxylation is 1. The van der Waals surface area contributed by atoms with Crippen LogP contribution in [0.1, 0.15) is 25.3 Å². The average Bonchev–Trinajstić information content (AvgIpc) is 3.01. The molecule has 5 nitrogen and oxygen atoms in total. The van der Waals surface area contributed by atoms with E-state index in [1.54, 1.807) is 37.3 Å². The van der Waals surface area contributed by atoms with E-state index < -0.39 is 43.2 Å². The average molecular weight is 424 g/mol. The fourth-order valence-corrected chi connectivity index (χ4v) is 6.71. The lowest BCUT2D eigenvalue weighted by molar-refractivity contribution is 0.377. The molecule has 1 atom stereocenters. The fourth-order valence-electron chi connectivity index (χ4n) is 3.33. The molecule has 1 heterocycles. The Morgan fingerprint density at radius 2 is 1.57 bits per heavy atom. The monoisotopic (exact) mass is 423 g/mol. The van der Waals surface area contributed by atoms with E-state index in [4.69, 9.17) is 0 Å². The first-order valence-electron chi connectivity index (χ1n) is 8.96. The third-order valence-corrected chi connectivity index (χ3v) is 8.58. The summed E-state index contributed by atoms with van der Waals surface area (Å²) in [5, 5.41) is 0. The van der Waals surface area contributed by atoms with Gasteiger partial charge in [-0.2, -0.15) is 4.31 Å². The Kier molecular flexibility index (Phi) is 5.74. The quantitative estimate of drug-likeness (QED) is 0.708. The Morgan fingerprint density at radius 1 is 0.964 bits per heavy atom. The Bertz CT molecular complexity index is 1090. The molecule has 0 saturated heterocycles. The molecule has 1 aliphatic rings. The lowest BCUT2D eigenvalue weighted by atomic mass is 10.2. The molecule has 3 rings (SSSR count). The van der Waals surface area contributed by atoms with Crippen LogP contribution in [0.4, 0.5) is 4.39 Å². The van der Waals surface area contributed by atoms with Crippen LogP contribution in [0, 0.1) is 6.92 Å². The van der Waals surface area contributed by atoms with Crippen LogP contribution < -0.4 is 0 Å². The number of rotatable bonds is 6. The standard InChI is InChI=1S/C20H22FNO4S2/c1-3-7-19-20(27(23,24)16-8-5-4-6-9-16)18(21)14-22(19)28(25,26)17-12-10-15(2)11-13-17/h4-6,8-13,19H,3,7,14H2,1-2H3. The number of halogens is 1. The minimum absolute atomic E-state index is 0.0189. The summed E-state index contributed by atoms with van der Waals surface area (Å²) in [4.78, 5) is -0.475. The zero-order valence-corrected chi connectivity index (χ0v) is 17.3. The van der Waals surface area contributed by atoms with Gasteiger partial charge in [0, 0.05) is 0 Å². The molecule has 8 heteroatoms. The van der Waals surface area contributed by atoms with E-state index in [1.165, 1.54) is 24.3 Å². The summed E-state index contributed by atoms with van der Waals surface area (Å²) in [6.07, 6.45) is 0.714. The molecular formula is C20H22FNO4S2. The summed E-state index contributed by atoms with van der Waals surface area (Å²) in [6, 6.07) is 12.7. The summed E-state index contributed by atoms with van der Waals surface area (Å²) in [5.74, 6) is -0.919. The first-order chi connectivity index (χ1) is 13.2. The molecule has 1 aliphatic heterocycles. The van der Waals surface area contributed by atoms with Gasteiger partial charge in [-0.25, -0.2) is 21.2 Å². The summed E-state index contributed by atoms with van der Waals surface area (Å²) >= 11 is 0. The first-order valence-corrected chi connectivity index (χ1v) is 11.9. The lowest BCUT2D eigenvalue weighted by Gasteiger charge is -2.25. The lowest BCUT2D eigenvalue weighted by Crippen LogP contribution is -2.38. The van der Waals surface area contributed by atoms with Gasteiger partial charge in [-0.3, -0.25) is 0 Å². The second-order valence-electron chi connectivity index (χ2n) is 6.75. The maximum atomic E-state index is 14.9. The van der Waals surface area contributed by atoms with E-state index in [2.05, 4.69) is 0 Å². The summed E-state index contributed by atoms with van der Waals surface area (Å²) in [6.45, 7) is 3.06. The SMILES string of the molecule is CCCC1C(S(=O)(=O)c2ccccc2)=C(F)CN1S(=O)(=O)c1ccc(C)cc1. The predicted octanol–water partition coefficient (Wildman–Crippen LogP) is 3.82. The molecule has 0 aromatic heterocycles. The second kappa shape index (κ2) is 7.77. The fraction of sp³-hybridized carbons (Fsp3) is 0.300. The molecule has 2 aromatic rings. The van der Waals surface area contributed by atoms with Gasteiger partial charge in [0.05, 0.1) is 22.4 Å². The minimum atomic E-state index is -4.14. The highest BCUT2D eigenvalue weighted by molar-refractivity contribution is 7.95. The van der Waals surface area contributed by atoms with E-state index in [9.17, 15) is 21.2 Å². The van der Waals surface area contributed by atoms with Crippen molar-refractivity contribution in [3.05, 3.63) is 70.9 Å². The van der Waals surface area contributed by atoms with Crippen molar-refractivity contribution in [3.63, 3.8) is 0 Å². The van der Waals surface area contributed by atoms with Crippen molar-refractivity contribution in [2.24, 2.45) is 0 Å². The Balaban J connectivity index is 2.07. The highest BCUT2D eigenvalue weighted by atomic mass is 32.2. The van der Waals surface area contributed by atoms with Gasteiger partial charge in [0.25, 0.3) is 0 Å². The molecule has 0 fully saturated rings. The summed E-state index contributed by atoms with van der Waals surface area (Å²) in [5.41, 5.74) is 0.891. The smallest absolute Gasteiger partial charge is 0.219 e. The van der Waals surface area contributed by atoms with Crippen LogP contribution in [-0.2, 0) is 19.9 Å². The molecule has 0 amide bonds. The second-order valence-corrected chi connectivity index (χ2v) is 10.6. The maximum absolute atomic E-state index is 14.9. The molecule has 0 N–H and O–H groups in total. The summed E-state index contributed by atoms with van der Waals surface area (Å²) in [7, 11) is -8.19. The van der Waals surface area contributed by atoms with Crippen molar-refractivity contribution < 1.29 is 21.2 Å². The maximum Gasteiger partial charge on any atom is 0.244 e. The third-order valence-electron chi connectivity index (χ3n) is 4.74. The van der Waals surface area contributed by atoms with E-state index in [0.29, 0.717) is 6.42 Å². The zero-order valence-electron chi connectivity index (χ0n) is 15.7. The summed E-state index contributed by atoms with van der Waals surface area (Å²) < 4.78 is 68.2. The van der Waals surface area contributed by atoms with Gasteiger partial charge < -0.3 is 0 Å². The number of nitrogens with zero attached hydrogens (tertiary/aromatic N) is 1. The first kappa shape index (κ1) is 20.7. The van der Waals surface area contributed by atoms with Crippen molar-refractivity contribution in [2.45, 2.75) is 42.5 Å². The Morgan fingerprint density at radius 3 is 2.14 bits per heavy atom. The van der Waals surface area contributed by atoms with Crippen LogP contribution in [0.25, 0.3) is 0 Å². The predicted molar refractivity (Wildman–Crippen MR) is 106 cm³/mol. The molecule has 0 saturated carbocycles. The largest absolute Gasteiger partial charge is 0.244 e. The van der Waals surface area contributed by atoms with Gasteiger partial charge in [-0.1, -0.05) is 49.2 Å². The number of sulfone groups is 1. The molecule has 0 bridgehead atoms. The van der Waals surface area contributed by atoms with Crippen molar-refractivity contribution in [1.29, 1.82) is 0 Å². The van der Waals surface area contributed by atoms with Crippen molar-refractivity contribution in [3.8, 4) is 0 Å². The van der Waals surface area contributed by atoms with Crippen molar-refractivity contribution in [2.75, 3.05) is 6.54 Å². The zero-order chi connectivity index (χ0) is 20.5. The number of sulfonamides is 1. The van der Waals surface area contributed by atoms with Crippen molar-refractivity contribution >= 4 is 19.9 Å². The third kappa shape index (κ3) is 3.64. The van der Waals surface area contributed by atoms with E-state index in [0.717, 1.165) is 9.87 Å². The number of hydrogen-bond donors (Lipinski definition) is 0.